The van der Waals surface area contributed by atoms with E-state index in [1.54, 1.807) is 36.0 Å². The van der Waals surface area contributed by atoms with Crippen LogP contribution in [0.25, 0.3) is 11.1 Å². The molecule has 0 spiro atoms. The molecular formula is C30H29NO5S. The fourth-order valence-electron chi connectivity index (χ4n) is 4.40. The third-order valence-corrected chi connectivity index (χ3v) is 6.83. The van der Waals surface area contributed by atoms with E-state index in [2.05, 4.69) is 17.4 Å². The van der Waals surface area contributed by atoms with E-state index in [1.165, 1.54) is 13.0 Å². The van der Waals surface area contributed by atoms with Gasteiger partial charge in [-0.3, -0.25) is 4.79 Å². The van der Waals surface area contributed by atoms with E-state index in [-0.39, 0.29) is 24.1 Å². The maximum Gasteiger partial charge on any atom is 0.407 e. The summed E-state index contributed by atoms with van der Waals surface area (Å²) in [5.74, 6) is -0.200. The largest absolute Gasteiger partial charge is 0.449 e. The minimum Gasteiger partial charge on any atom is -0.449 e. The molecule has 7 heteroatoms. The number of allylic oxidation sites excluding steroid dienone is 2. The minimum absolute atomic E-state index is 0.0797. The van der Waals surface area contributed by atoms with Gasteiger partial charge < -0.3 is 14.8 Å². The Hall–Kier alpha value is -3.84. The quantitative estimate of drug-likeness (QED) is 0.155. The van der Waals surface area contributed by atoms with Gasteiger partial charge in [0.05, 0.1) is 0 Å². The summed E-state index contributed by atoms with van der Waals surface area (Å²) in [6.07, 6.45) is 2.86. The number of carbonyl (C=O) groups excluding carboxylic acids is 3. The van der Waals surface area contributed by atoms with Gasteiger partial charge in [-0.2, -0.15) is 11.8 Å². The average molecular weight is 516 g/mol. The highest BCUT2D eigenvalue weighted by Gasteiger charge is 2.30. The van der Waals surface area contributed by atoms with Crippen LogP contribution in [0.15, 0.2) is 90.7 Å². The number of ketones is 1. The van der Waals surface area contributed by atoms with Crippen molar-refractivity contribution in [2.24, 2.45) is 0 Å². The van der Waals surface area contributed by atoms with Crippen LogP contribution >= 0.6 is 11.8 Å². The van der Waals surface area contributed by atoms with Crippen molar-refractivity contribution < 1.29 is 23.9 Å². The van der Waals surface area contributed by atoms with Gasteiger partial charge >= 0.3 is 12.1 Å². The van der Waals surface area contributed by atoms with Gasteiger partial charge in [0, 0.05) is 17.6 Å². The van der Waals surface area contributed by atoms with E-state index in [0.717, 1.165) is 22.3 Å². The molecule has 0 saturated heterocycles. The Kier molecular flexibility index (Phi) is 8.80. The second-order valence-corrected chi connectivity index (χ2v) is 9.70. The van der Waals surface area contributed by atoms with Crippen molar-refractivity contribution >= 4 is 29.6 Å². The number of alkyl carbamates (subject to hydrolysis) is 1. The Balaban J connectivity index is 1.38. The second-order valence-electron chi connectivity index (χ2n) is 8.71. The molecule has 1 amide bonds. The summed E-state index contributed by atoms with van der Waals surface area (Å²) in [7, 11) is 0. The monoisotopic (exact) mass is 515 g/mol. The lowest BCUT2D eigenvalue weighted by atomic mass is 9.98. The van der Waals surface area contributed by atoms with Crippen LogP contribution in [0.1, 0.15) is 40.7 Å². The molecule has 3 aromatic carbocycles. The van der Waals surface area contributed by atoms with Gasteiger partial charge in [-0.05, 0) is 47.6 Å². The van der Waals surface area contributed by atoms with Gasteiger partial charge in [0.2, 0.25) is 0 Å². The summed E-state index contributed by atoms with van der Waals surface area (Å²) in [5, 5.41) is 2.65. The van der Waals surface area contributed by atoms with E-state index in [1.807, 2.05) is 48.7 Å². The molecule has 0 bridgehead atoms. The van der Waals surface area contributed by atoms with Gasteiger partial charge in [0.1, 0.15) is 18.4 Å². The summed E-state index contributed by atoms with van der Waals surface area (Å²) in [6, 6.07) is 24.0. The molecule has 0 radical (unpaired) electrons. The third-order valence-electron chi connectivity index (χ3n) is 6.19. The Labute approximate surface area is 221 Å². The van der Waals surface area contributed by atoms with Crippen molar-refractivity contribution in [2.45, 2.75) is 25.3 Å². The summed E-state index contributed by atoms with van der Waals surface area (Å²) in [4.78, 5) is 38.0. The molecule has 0 aromatic heterocycles. The fourth-order valence-corrected chi connectivity index (χ4v) is 4.87. The van der Waals surface area contributed by atoms with Crippen LogP contribution in [0.4, 0.5) is 4.79 Å². The molecule has 0 fully saturated rings. The first-order valence-electron chi connectivity index (χ1n) is 12.1. The number of nitrogens with one attached hydrogen (secondary N) is 1. The molecule has 0 unspecified atom stereocenters. The van der Waals surface area contributed by atoms with Gasteiger partial charge in [-0.15, -0.1) is 0 Å². The van der Waals surface area contributed by atoms with E-state index in [0.29, 0.717) is 17.7 Å². The Morgan fingerprint density at radius 2 is 1.51 bits per heavy atom. The van der Waals surface area contributed by atoms with Crippen molar-refractivity contribution in [1.29, 1.82) is 0 Å². The smallest absolute Gasteiger partial charge is 0.407 e. The maximum absolute atomic E-state index is 12.8. The van der Waals surface area contributed by atoms with Crippen LogP contribution in [0.3, 0.4) is 0 Å². The SMILES string of the molecule is CSCC[C@H](NC(=O)OCC1c2ccccc2-c2ccccc21)C(=O)O/C(C)=C/C(=O)c1ccccc1. The average Bonchev–Trinajstić information content (AvgIpc) is 3.23. The van der Waals surface area contributed by atoms with Gasteiger partial charge in [-0.1, -0.05) is 78.9 Å². The zero-order valence-corrected chi connectivity index (χ0v) is 21.6. The predicted octanol–water partition coefficient (Wildman–Crippen LogP) is 5.98. The Morgan fingerprint density at radius 3 is 2.14 bits per heavy atom. The molecule has 0 heterocycles. The van der Waals surface area contributed by atoms with Crippen LogP contribution in [0, 0.1) is 0 Å². The van der Waals surface area contributed by atoms with Crippen molar-refractivity contribution in [1.82, 2.24) is 5.32 Å². The lowest BCUT2D eigenvalue weighted by Gasteiger charge is -2.19. The van der Waals surface area contributed by atoms with E-state index >= 15 is 0 Å². The second kappa shape index (κ2) is 12.4. The predicted molar refractivity (Wildman–Crippen MR) is 146 cm³/mol. The van der Waals surface area contributed by atoms with E-state index < -0.39 is 18.1 Å². The number of hydrogen-bond donors (Lipinski definition) is 1. The first-order valence-corrected chi connectivity index (χ1v) is 13.5. The number of esters is 1. The lowest BCUT2D eigenvalue weighted by Crippen LogP contribution is -2.42. The van der Waals surface area contributed by atoms with Crippen LogP contribution < -0.4 is 5.32 Å². The van der Waals surface area contributed by atoms with Crippen LogP contribution in [0.2, 0.25) is 0 Å². The molecule has 190 valence electrons. The number of hydrogen-bond acceptors (Lipinski definition) is 6. The van der Waals surface area contributed by atoms with Crippen LogP contribution in [-0.2, 0) is 14.3 Å². The molecular weight excluding hydrogens is 486 g/mol. The third kappa shape index (κ3) is 6.49. The number of carbonyl (C=O) groups is 3. The summed E-state index contributed by atoms with van der Waals surface area (Å²) in [6.45, 7) is 1.69. The lowest BCUT2D eigenvalue weighted by molar-refractivity contribution is -0.141. The summed E-state index contributed by atoms with van der Waals surface area (Å²) >= 11 is 1.55. The number of ether oxygens (including phenoxy) is 2. The van der Waals surface area contributed by atoms with Gasteiger partial charge in [0.25, 0.3) is 0 Å². The van der Waals surface area contributed by atoms with Crippen molar-refractivity contribution in [3.8, 4) is 11.1 Å². The first kappa shape index (κ1) is 26.2. The molecule has 1 N–H and O–H groups in total. The molecule has 1 aliphatic rings. The first-order chi connectivity index (χ1) is 18.0. The molecule has 1 atom stereocenters. The minimum atomic E-state index is -0.904. The standard InChI is InChI=1S/C30H29NO5S/c1-20(18-28(32)21-10-4-3-5-11-21)36-29(33)27(16-17-37-2)31-30(34)35-19-26-24-14-8-6-12-22(24)23-13-7-9-15-25(23)26/h3-15,18,26-27H,16-17,19H2,1-2H3,(H,31,34)/b20-18+/t27-/m0/s1. The zero-order chi connectivity index (χ0) is 26.2. The maximum atomic E-state index is 12.8. The highest BCUT2D eigenvalue weighted by atomic mass is 32.2. The molecule has 6 nitrogen and oxygen atoms in total. The molecule has 4 rings (SSSR count). The van der Waals surface area contributed by atoms with Crippen LogP contribution in [-0.4, -0.2) is 42.5 Å². The number of amides is 1. The molecule has 1 aliphatic carbocycles. The van der Waals surface area contributed by atoms with E-state index in [4.69, 9.17) is 9.47 Å². The van der Waals surface area contributed by atoms with Crippen molar-refractivity contribution in [3.63, 3.8) is 0 Å². The van der Waals surface area contributed by atoms with Crippen molar-refractivity contribution in [3.05, 3.63) is 107 Å². The number of thioether (sulfide) groups is 1. The number of rotatable bonds is 10. The molecule has 37 heavy (non-hydrogen) atoms. The van der Waals surface area contributed by atoms with Crippen molar-refractivity contribution in [2.75, 3.05) is 18.6 Å². The highest BCUT2D eigenvalue weighted by Crippen LogP contribution is 2.44. The number of benzene rings is 3. The fraction of sp³-hybridized carbons (Fsp3) is 0.233. The van der Waals surface area contributed by atoms with Crippen LogP contribution in [0.5, 0.6) is 0 Å². The van der Waals surface area contributed by atoms with E-state index in [9.17, 15) is 14.4 Å². The normalized spacial score (nSPS) is 13.3. The Morgan fingerprint density at radius 1 is 0.919 bits per heavy atom. The summed E-state index contributed by atoms with van der Waals surface area (Å²) in [5.41, 5.74) is 4.99. The van der Waals surface area contributed by atoms with Gasteiger partial charge in [0.15, 0.2) is 5.78 Å². The highest BCUT2D eigenvalue weighted by molar-refractivity contribution is 7.98. The summed E-state index contributed by atoms with van der Waals surface area (Å²) < 4.78 is 11.0. The zero-order valence-electron chi connectivity index (χ0n) is 20.8. The molecule has 3 aromatic rings. The number of fused-ring (bicyclic) bond motifs is 3. The molecule has 0 saturated carbocycles. The van der Waals surface area contributed by atoms with Gasteiger partial charge in [-0.25, -0.2) is 9.59 Å². The Bertz CT molecular complexity index is 1260. The topological polar surface area (TPSA) is 81.7 Å². The molecule has 0 aliphatic heterocycles.